The van der Waals surface area contributed by atoms with E-state index in [0.29, 0.717) is 38.0 Å². The summed E-state index contributed by atoms with van der Waals surface area (Å²) >= 11 is 0. The van der Waals surface area contributed by atoms with Crippen LogP contribution in [0.2, 0.25) is 0 Å². The molecule has 0 aromatic heterocycles. The van der Waals surface area contributed by atoms with Crippen LogP contribution in [0.15, 0.2) is 23.2 Å². The summed E-state index contributed by atoms with van der Waals surface area (Å²) in [6.07, 6.45) is 3.95. The van der Waals surface area contributed by atoms with Crippen LogP contribution in [0, 0.1) is 5.92 Å². The molecule has 1 aliphatic carbocycles. The molecule has 2 rings (SSSR count). The van der Waals surface area contributed by atoms with Crippen LogP contribution < -0.4 is 25.8 Å². The molecular weight excluding hydrogens is 459 g/mol. The van der Waals surface area contributed by atoms with Crippen LogP contribution in [0.25, 0.3) is 0 Å². The third kappa shape index (κ3) is 7.82. The Balaban J connectivity index is 0.00000364. The number of benzene rings is 1. The number of hydrogen-bond acceptors (Lipinski definition) is 4. The van der Waals surface area contributed by atoms with E-state index in [1.807, 2.05) is 32.0 Å². The summed E-state index contributed by atoms with van der Waals surface area (Å²) in [5.41, 5.74) is 6.69. The van der Waals surface area contributed by atoms with Crippen molar-refractivity contribution in [3.8, 4) is 11.5 Å². The first-order chi connectivity index (χ1) is 12.6. The molecule has 27 heavy (non-hydrogen) atoms. The number of nitrogens with two attached hydrogens (primary N) is 1. The van der Waals surface area contributed by atoms with Crippen molar-refractivity contribution in [2.24, 2.45) is 16.6 Å². The summed E-state index contributed by atoms with van der Waals surface area (Å²) in [6.45, 7) is 6.16. The van der Waals surface area contributed by atoms with Crippen LogP contribution in [0.5, 0.6) is 11.5 Å². The number of nitrogens with zero attached hydrogens (tertiary/aromatic N) is 1. The molecule has 1 aromatic carbocycles. The number of amides is 1. The van der Waals surface area contributed by atoms with Gasteiger partial charge in [0.2, 0.25) is 5.91 Å². The van der Waals surface area contributed by atoms with Gasteiger partial charge in [0.05, 0.1) is 18.9 Å². The molecule has 1 saturated carbocycles. The minimum atomic E-state index is 0. The molecule has 8 heteroatoms. The van der Waals surface area contributed by atoms with Gasteiger partial charge in [0.1, 0.15) is 11.5 Å². The molecule has 0 atom stereocenters. The maximum Gasteiger partial charge on any atom is 0.223 e. The standard InChI is InChI=1S/C19H30N4O3.HI/c1-3-25-15-9-10-17(26-4-2)16(13-15)23-19(20)22-12-6-11-21-18(24)14-7-5-8-14;/h9-10,13-14H,3-8,11-12H2,1-2H3,(H,21,24)(H3,20,22,23);1H. The number of guanidine groups is 1. The lowest BCUT2D eigenvalue weighted by Crippen LogP contribution is -2.35. The molecule has 1 aliphatic rings. The number of aliphatic imine (C=N–C) groups is 1. The zero-order valence-corrected chi connectivity index (χ0v) is 18.5. The van der Waals surface area contributed by atoms with Gasteiger partial charge in [0, 0.05) is 25.1 Å². The lowest BCUT2D eigenvalue weighted by Gasteiger charge is -2.23. The van der Waals surface area contributed by atoms with Crippen LogP contribution in [0.1, 0.15) is 39.5 Å². The fourth-order valence-electron chi connectivity index (χ4n) is 2.63. The van der Waals surface area contributed by atoms with E-state index in [1.54, 1.807) is 0 Å². The summed E-state index contributed by atoms with van der Waals surface area (Å²) in [6, 6.07) is 5.55. The molecule has 4 N–H and O–H groups in total. The molecule has 7 nitrogen and oxygen atoms in total. The quantitative estimate of drug-likeness (QED) is 0.203. The number of anilines is 1. The van der Waals surface area contributed by atoms with Crippen molar-refractivity contribution in [1.29, 1.82) is 0 Å². The van der Waals surface area contributed by atoms with Crippen LogP contribution in [-0.4, -0.2) is 38.2 Å². The van der Waals surface area contributed by atoms with E-state index in [2.05, 4.69) is 15.6 Å². The molecule has 0 radical (unpaired) electrons. The maximum atomic E-state index is 11.7. The number of carbonyl (C=O) groups is 1. The SMILES string of the molecule is CCOc1ccc(OCC)c(NC(N)=NCCCNC(=O)C2CCC2)c1.I. The molecule has 0 unspecified atom stereocenters. The molecule has 0 spiro atoms. The van der Waals surface area contributed by atoms with Crippen molar-refractivity contribution >= 4 is 41.5 Å². The minimum Gasteiger partial charge on any atom is -0.494 e. The lowest BCUT2D eigenvalue weighted by atomic mass is 9.85. The molecule has 0 bridgehead atoms. The summed E-state index contributed by atoms with van der Waals surface area (Å²) < 4.78 is 11.1. The third-order valence-electron chi connectivity index (χ3n) is 4.22. The Kier molecular flexibility index (Phi) is 10.9. The van der Waals surface area contributed by atoms with Crippen molar-refractivity contribution in [2.75, 3.05) is 31.6 Å². The molecule has 152 valence electrons. The number of hydrogen-bond donors (Lipinski definition) is 3. The van der Waals surface area contributed by atoms with E-state index in [1.165, 1.54) is 6.42 Å². The second kappa shape index (κ2) is 12.6. The Morgan fingerprint density at radius 1 is 1.26 bits per heavy atom. The van der Waals surface area contributed by atoms with Crippen molar-refractivity contribution in [1.82, 2.24) is 5.32 Å². The Morgan fingerprint density at radius 2 is 2.00 bits per heavy atom. The Bertz CT molecular complexity index is 621. The fraction of sp³-hybridized carbons (Fsp3) is 0.579. The van der Waals surface area contributed by atoms with E-state index < -0.39 is 0 Å². The number of nitrogens with one attached hydrogen (secondary N) is 2. The van der Waals surface area contributed by atoms with Crippen LogP contribution in [-0.2, 0) is 4.79 Å². The number of rotatable bonds is 10. The van der Waals surface area contributed by atoms with E-state index in [0.717, 1.165) is 30.7 Å². The van der Waals surface area contributed by atoms with E-state index in [9.17, 15) is 4.79 Å². The molecule has 1 fully saturated rings. The second-order valence-electron chi connectivity index (χ2n) is 6.19. The van der Waals surface area contributed by atoms with Gasteiger partial charge in [0.15, 0.2) is 5.96 Å². The van der Waals surface area contributed by atoms with E-state index >= 15 is 0 Å². The summed E-state index contributed by atoms with van der Waals surface area (Å²) in [5.74, 6) is 2.14. The van der Waals surface area contributed by atoms with Gasteiger partial charge in [-0.15, -0.1) is 24.0 Å². The Morgan fingerprint density at radius 3 is 2.63 bits per heavy atom. The van der Waals surface area contributed by atoms with Gasteiger partial charge in [0.25, 0.3) is 0 Å². The fourth-order valence-corrected chi connectivity index (χ4v) is 2.63. The van der Waals surface area contributed by atoms with Gasteiger partial charge in [-0.25, -0.2) is 0 Å². The predicted octanol–water partition coefficient (Wildman–Crippen LogP) is 3.14. The van der Waals surface area contributed by atoms with Crippen LogP contribution in [0.4, 0.5) is 5.69 Å². The van der Waals surface area contributed by atoms with Gasteiger partial charge < -0.3 is 25.8 Å². The zero-order valence-electron chi connectivity index (χ0n) is 16.1. The molecular formula is C19H31IN4O3. The maximum absolute atomic E-state index is 11.7. The highest BCUT2D eigenvalue weighted by atomic mass is 127. The van der Waals surface area contributed by atoms with Gasteiger partial charge in [-0.2, -0.15) is 0 Å². The van der Waals surface area contributed by atoms with Gasteiger partial charge in [-0.05, 0) is 45.2 Å². The van der Waals surface area contributed by atoms with Gasteiger partial charge in [-0.1, -0.05) is 6.42 Å². The third-order valence-corrected chi connectivity index (χ3v) is 4.22. The Labute approximate surface area is 178 Å². The highest BCUT2D eigenvalue weighted by Crippen LogP contribution is 2.29. The second-order valence-corrected chi connectivity index (χ2v) is 6.19. The van der Waals surface area contributed by atoms with Crippen LogP contribution in [0.3, 0.4) is 0 Å². The highest BCUT2D eigenvalue weighted by Gasteiger charge is 2.24. The van der Waals surface area contributed by atoms with Gasteiger partial charge in [-0.3, -0.25) is 9.79 Å². The van der Waals surface area contributed by atoms with Gasteiger partial charge >= 0.3 is 0 Å². The van der Waals surface area contributed by atoms with E-state index in [4.69, 9.17) is 15.2 Å². The molecule has 1 amide bonds. The average molecular weight is 490 g/mol. The van der Waals surface area contributed by atoms with Crippen molar-refractivity contribution in [3.05, 3.63) is 18.2 Å². The molecule has 0 heterocycles. The predicted molar refractivity (Wildman–Crippen MR) is 119 cm³/mol. The first kappa shape index (κ1) is 23.3. The van der Waals surface area contributed by atoms with Crippen molar-refractivity contribution in [3.63, 3.8) is 0 Å². The van der Waals surface area contributed by atoms with E-state index in [-0.39, 0.29) is 35.8 Å². The van der Waals surface area contributed by atoms with Crippen LogP contribution >= 0.6 is 24.0 Å². The molecule has 1 aromatic rings. The summed E-state index contributed by atoms with van der Waals surface area (Å²) in [5, 5.41) is 6.02. The normalized spacial score (nSPS) is 13.9. The first-order valence-electron chi connectivity index (χ1n) is 9.38. The highest BCUT2D eigenvalue weighted by molar-refractivity contribution is 14.0. The van der Waals surface area contributed by atoms with Crippen molar-refractivity contribution in [2.45, 2.75) is 39.5 Å². The summed E-state index contributed by atoms with van der Waals surface area (Å²) in [7, 11) is 0. The molecule has 0 aliphatic heterocycles. The lowest BCUT2D eigenvalue weighted by molar-refractivity contribution is -0.127. The topological polar surface area (TPSA) is 98.0 Å². The smallest absolute Gasteiger partial charge is 0.223 e. The monoisotopic (exact) mass is 490 g/mol. The minimum absolute atomic E-state index is 0. The first-order valence-corrected chi connectivity index (χ1v) is 9.38. The molecule has 0 saturated heterocycles. The largest absolute Gasteiger partial charge is 0.494 e. The number of carbonyl (C=O) groups excluding carboxylic acids is 1. The Hall–Kier alpha value is -1.71. The number of ether oxygens (including phenoxy) is 2. The van der Waals surface area contributed by atoms with Crippen molar-refractivity contribution < 1.29 is 14.3 Å². The average Bonchev–Trinajstić information content (AvgIpc) is 2.55. The number of halogens is 1. The summed E-state index contributed by atoms with van der Waals surface area (Å²) in [4.78, 5) is 16.0. The zero-order chi connectivity index (χ0) is 18.8.